The van der Waals surface area contributed by atoms with Crippen LogP contribution in [0.2, 0.25) is 0 Å². The Morgan fingerprint density at radius 1 is 1.40 bits per heavy atom. The summed E-state index contributed by atoms with van der Waals surface area (Å²) in [5.74, 6) is -0.173. The van der Waals surface area contributed by atoms with Gasteiger partial charge in [0.15, 0.2) is 0 Å². The van der Waals surface area contributed by atoms with Gasteiger partial charge in [-0.15, -0.1) is 0 Å². The van der Waals surface area contributed by atoms with E-state index in [0.717, 1.165) is 5.56 Å². The Bertz CT molecular complexity index is 367. The van der Waals surface area contributed by atoms with Gasteiger partial charge in [-0.1, -0.05) is 30.3 Å². The fraction of sp³-hybridized carbons (Fsp3) is 0.273. The number of nitrogens with one attached hydrogen (secondary N) is 2. The maximum atomic E-state index is 11.4. The third kappa shape index (κ3) is 2.34. The molecule has 1 aliphatic heterocycles. The van der Waals surface area contributed by atoms with E-state index in [2.05, 4.69) is 10.6 Å². The minimum atomic E-state index is -0.332. The highest BCUT2D eigenvalue weighted by atomic mass is 16.2. The molecule has 0 aromatic heterocycles. The van der Waals surface area contributed by atoms with Gasteiger partial charge in [0, 0.05) is 6.54 Å². The van der Waals surface area contributed by atoms with Crippen LogP contribution < -0.4 is 10.6 Å². The molecule has 1 saturated heterocycles. The molecule has 0 saturated carbocycles. The van der Waals surface area contributed by atoms with E-state index in [4.69, 9.17) is 0 Å². The predicted molar refractivity (Wildman–Crippen MR) is 54.8 cm³/mol. The summed E-state index contributed by atoms with van der Waals surface area (Å²) in [6.45, 7) is 0.506. The van der Waals surface area contributed by atoms with Gasteiger partial charge in [0.05, 0.1) is 6.42 Å². The third-order valence-corrected chi connectivity index (χ3v) is 2.35. The van der Waals surface area contributed by atoms with Gasteiger partial charge in [-0.3, -0.25) is 9.59 Å². The van der Waals surface area contributed by atoms with Gasteiger partial charge in [-0.05, 0) is 5.56 Å². The van der Waals surface area contributed by atoms with Crippen molar-refractivity contribution >= 4 is 11.8 Å². The molecule has 1 unspecified atom stereocenters. The lowest BCUT2D eigenvalue weighted by Gasteiger charge is -2.25. The Kier molecular flexibility index (Phi) is 2.67. The summed E-state index contributed by atoms with van der Waals surface area (Å²) in [7, 11) is 0. The lowest BCUT2D eigenvalue weighted by Crippen LogP contribution is -2.56. The fourth-order valence-corrected chi connectivity index (χ4v) is 1.43. The van der Waals surface area contributed by atoms with E-state index in [-0.39, 0.29) is 17.9 Å². The van der Waals surface area contributed by atoms with Gasteiger partial charge >= 0.3 is 0 Å². The quantitative estimate of drug-likeness (QED) is 0.690. The number of benzene rings is 1. The topological polar surface area (TPSA) is 58.2 Å². The minimum absolute atomic E-state index is 0.0603. The Labute approximate surface area is 87.7 Å². The minimum Gasteiger partial charge on any atom is -0.350 e. The maximum Gasteiger partial charge on any atom is 0.243 e. The molecule has 1 heterocycles. The largest absolute Gasteiger partial charge is 0.350 e. The maximum absolute atomic E-state index is 11.4. The first-order chi connectivity index (χ1) is 7.25. The first kappa shape index (κ1) is 9.71. The van der Waals surface area contributed by atoms with Crippen LogP contribution in [-0.2, 0) is 16.1 Å². The van der Waals surface area contributed by atoms with Crippen molar-refractivity contribution in [3.63, 3.8) is 0 Å². The highest BCUT2D eigenvalue weighted by Crippen LogP contribution is 2.04. The molecule has 2 rings (SSSR count). The van der Waals surface area contributed by atoms with E-state index >= 15 is 0 Å². The number of carbonyl (C=O) groups excluding carboxylic acids is 2. The van der Waals surface area contributed by atoms with Crippen LogP contribution in [0.5, 0.6) is 0 Å². The molecule has 2 N–H and O–H groups in total. The second kappa shape index (κ2) is 4.13. The lowest BCUT2D eigenvalue weighted by atomic mass is 10.1. The molecule has 1 atom stereocenters. The molecule has 0 bridgehead atoms. The van der Waals surface area contributed by atoms with Crippen molar-refractivity contribution in [1.82, 2.24) is 10.6 Å². The predicted octanol–water partition coefficient (Wildman–Crippen LogP) is 0.191. The molecule has 0 spiro atoms. The molecule has 4 heteroatoms. The van der Waals surface area contributed by atoms with Crippen LogP contribution in [-0.4, -0.2) is 17.9 Å². The van der Waals surface area contributed by atoms with E-state index in [1.807, 2.05) is 30.3 Å². The summed E-state index contributed by atoms with van der Waals surface area (Å²) in [6, 6.07) is 9.33. The Hall–Kier alpha value is -1.84. The molecule has 1 aliphatic rings. The van der Waals surface area contributed by atoms with Gasteiger partial charge in [0.2, 0.25) is 11.8 Å². The number of hydrogen-bond donors (Lipinski definition) is 2. The summed E-state index contributed by atoms with van der Waals surface area (Å²) in [5, 5.41) is 5.30. The van der Waals surface area contributed by atoms with Gasteiger partial charge in [0.25, 0.3) is 0 Å². The highest BCUT2D eigenvalue weighted by molar-refractivity contribution is 5.97. The van der Waals surface area contributed by atoms with Gasteiger partial charge < -0.3 is 10.6 Å². The summed E-state index contributed by atoms with van der Waals surface area (Å²) < 4.78 is 0. The SMILES string of the molecule is O=C1CC(C(=O)NCc2ccccc2)N1. The smallest absolute Gasteiger partial charge is 0.243 e. The van der Waals surface area contributed by atoms with E-state index in [1.54, 1.807) is 0 Å². The first-order valence-corrected chi connectivity index (χ1v) is 4.87. The average molecular weight is 204 g/mol. The normalized spacial score (nSPS) is 18.9. The van der Waals surface area contributed by atoms with Crippen LogP contribution in [0.3, 0.4) is 0 Å². The average Bonchev–Trinajstić information content (AvgIpc) is 2.23. The zero-order chi connectivity index (χ0) is 10.7. The molecular weight excluding hydrogens is 192 g/mol. The van der Waals surface area contributed by atoms with Crippen molar-refractivity contribution in [3.8, 4) is 0 Å². The Morgan fingerprint density at radius 3 is 2.67 bits per heavy atom. The summed E-state index contributed by atoms with van der Waals surface area (Å²) >= 11 is 0. The molecule has 0 radical (unpaired) electrons. The van der Waals surface area contributed by atoms with E-state index in [9.17, 15) is 9.59 Å². The lowest BCUT2D eigenvalue weighted by molar-refractivity contribution is -0.137. The van der Waals surface area contributed by atoms with Crippen LogP contribution in [0.1, 0.15) is 12.0 Å². The van der Waals surface area contributed by atoms with Gasteiger partial charge in [-0.25, -0.2) is 0 Å². The van der Waals surface area contributed by atoms with E-state index in [0.29, 0.717) is 13.0 Å². The van der Waals surface area contributed by atoms with E-state index in [1.165, 1.54) is 0 Å². The van der Waals surface area contributed by atoms with Crippen molar-refractivity contribution in [2.24, 2.45) is 0 Å². The van der Waals surface area contributed by atoms with Crippen LogP contribution in [0.25, 0.3) is 0 Å². The highest BCUT2D eigenvalue weighted by Gasteiger charge is 2.31. The summed E-state index contributed by atoms with van der Waals surface area (Å²) in [4.78, 5) is 22.0. The van der Waals surface area contributed by atoms with Crippen molar-refractivity contribution in [2.45, 2.75) is 19.0 Å². The van der Waals surface area contributed by atoms with Crippen LogP contribution in [0, 0.1) is 0 Å². The molecule has 1 aromatic rings. The molecule has 1 aromatic carbocycles. The monoisotopic (exact) mass is 204 g/mol. The Morgan fingerprint density at radius 2 is 2.07 bits per heavy atom. The second-order valence-electron chi connectivity index (χ2n) is 3.53. The van der Waals surface area contributed by atoms with E-state index < -0.39 is 0 Å². The van der Waals surface area contributed by atoms with Crippen LogP contribution in [0.15, 0.2) is 30.3 Å². The van der Waals surface area contributed by atoms with Crippen molar-refractivity contribution in [3.05, 3.63) is 35.9 Å². The molecular formula is C11H12N2O2. The van der Waals surface area contributed by atoms with Gasteiger partial charge in [0.1, 0.15) is 6.04 Å². The second-order valence-corrected chi connectivity index (χ2v) is 3.53. The standard InChI is InChI=1S/C11H12N2O2/c14-10-6-9(13-10)11(15)12-7-8-4-2-1-3-5-8/h1-5,9H,6-7H2,(H,12,15)(H,13,14). The zero-order valence-electron chi connectivity index (χ0n) is 8.19. The molecule has 2 amide bonds. The molecule has 78 valence electrons. The molecule has 0 aliphatic carbocycles. The summed E-state index contributed by atoms with van der Waals surface area (Å²) in [5.41, 5.74) is 1.05. The first-order valence-electron chi connectivity index (χ1n) is 4.87. The third-order valence-electron chi connectivity index (χ3n) is 2.35. The van der Waals surface area contributed by atoms with Crippen molar-refractivity contribution in [1.29, 1.82) is 0 Å². The van der Waals surface area contributed by atoms with Crippen LogP contribution in [0.4, 0.5) is 0 Å². The number of carbonyl (C=O) groups is 2. The number of β-lactam (4-membered cyclic amide) rings is 1. The van der Waals surface area contributed by atoms with Crippen molar-refractivity contribution < 1.29 is 9.59 Å². The summed E-state index contributed by atoms with van der Waals surface area (Å²) in [6.07, 6.45) is 0.306. The van der Waals surface area contributed by atoms with Crippen molar-refractivity contribution in [2.75, 3.05) is 0 Å². The molecule has 1 fully saturated rings. The molecule has 15 heavy (non-hydrogen) atoms. The number of hydrogen-bond acceptors (Lipinski definition) is 2. The fourth-order valence-electron chi connectivity index (χ4n) is 1.43. The van der Waals surface area contributed by atoms with Gasteiger partial charge in [-0.2, -0.15) is 0 Å². The zero-order valence-corrected chi connectivity index (χ0v) is 8.19. The number of rotatable bonds is 3. The molecule has 4 nitrogen and oxygen atoms in total. The number of amides is 2. The Balaban J connectivity index is 1.79. The van der Waals surface area contributed by atoms with Crippen LogP contribution >= 0.6 is 0 Å².